The third-order valence-electron chi connectivity index (χ3n) is 4.50. The zero-order valence-electron chi connectivity index (χ0n) is 13.3. The molecule has 1 fully saturated rings. The summed E-state index contributed by atoms with van der Waals surface area (Å²) in [4.78, 5) is 21.7. The molecule has 1 aromatic rings. The van der Waals surface area contributed by atoms with Crippen LogP contribution in [0.2, 0.25) is 5.02 Å². The Bertz CT molecular complexity index is 801. The lowest BCUT2D eigenvalue weighted by Crippen LogP contribution is -2.40. The molecule has 3 aliphatic heterocycles. The topological polar surface area (TPSA) is 35.9 Å². The molecule has 0 saturated carbocycles. The van der Waals surface area contributed by atoms with Crippen molar-refractivity contribution >= 4 is 29.0 Å². The van der Waals surface area contributed by atoms with E-state index in [4.69, 9.17) is 11.6 Å². The first-order valence-electron chi connectivity index (χ1n) is 8.21. The average Bonchev–Trinajstić information content (AvgIpc) is 2.95. The molecule has 0 atom stereocenters. The number of hydrogen-bond donors (Lipinski definition) is 0. The highest BCUT2D eigenvalue weighted by Gasteiger charge is 2.32. The largest absolute Gasteiger partial charge is 0.367 e. The van der Waals surface area contributed by atoms with E-state index in [1.54, 1.807) is 11.1 Å². The van der Waals surface area contributed by atoms with Crippen molar-refractivity contribution in [2.45, 2.75) is 19.3 Å². The number of amidine groups is 1. The molecule has 0 aromatic heterocycles. The van der Waals surface area contributed by atoms with E-state index >= 15 is 0 Å². The Morgan fingerprint density at radius 3 is 2.79 bits per heavy atom. The smallest absolute Gasteiger partial charge is 0.280 e. The van der Waals surface area contributed by atoms with Crippen molar-refractivity contribution in [3.8, 4) is 0 Å². The van der Waals surface area contributed by atoms with Gasteiger partial charge in [0.25, 0.3) is 5.91 Å². The van der Waals surface area contributed by atoms with Crippen LogP contribution in [-0.2, 0) is 4.79 Å². The minimum absolute atomic E-state index is 0.0309. The van der Waals surface area contributed by atoms with Crippen LogP contribution in [0, 0.1) is 0 Å². The van der Waals surface area contributed by atoms with Crippen molar-refractivity contribution in [3.63, 3.8) is 0 Å². The van der Waals surface area contributed by atoms with E-state index in [2.05, 4.69) is 9.89 Å². The van der Waals surface area contributed by atoms with Gasteiger partial charge in [-0.3, -0.25) is 9.69 Å². The van der Waals surface area contributed by atoms with Crippen LogP contribution in [0.25, 0.3) is 0 Å². The Labute approximate surface area is 146 Å². The molecule has 3 heterocycles. The predicted octanol–water partition coefficient (Wildman–Crippen LogP) is 3.91. The van der Waals surface area contributed by atoms with Crippen LogP contribution >= 0.6 is 11.6 Å². The number of allylic oxidation sites excluding steroid dienone is 3. The van der Waals surface area contributed by atoms with Crippen molar-refractivity contribution in [3.05, 3.63) is 65.0 Å². The fraction of sp³-hybridized carbons (Fsp3) is 0.263. The monoisotopic (exact) mass is 339 g/mol. The van der Waals surface area contributed by atoms with E-state index in [-0.39, 0.29) is 5.91 Å². The lowest BCUT2D eigenvalue weighted by molar-refractivity contribution is -0.115. The molecule has 4 nitrogen and oxygen atoms in total. The summed E-state index contributed by atoms with van der Waals surface area (Å²) in [5.74, 6) is 0.698. The second-order valence-electron chi connectivity index (χ2n) is 6.15. The molecular formula is C19H18ClN3O. The SMILES string of the molecule is O=C1C(N2CCCC2)=CC2=CC=CN=C(C2)N1c1cccc(Cl)c1. The first-order valence-corrected chi connectivity index (χ1v) is 8.59. The van der Waals surface area contributed by atoms with Gasteiger partial charge in [-0.1, -0.05) is 23.7 Å². The quantitative estimate of drug-likeness (QED) is 0.819. The molecule has 0 N–H and O–H groups in total. The Kier molecular flexibility index (Phi) is 3.98. The number of halogens is 1. The highest BCUT2D eigenvalue weighted by Crippen LogP contribution is 2.30. The summed E-state index contributed by atoms with van der Waals surface area (Å²) >= 11 is 6.15. The number of carbonyl (C=O) groups excluding carboxylic acids is 1. The van der Waals surface area contributed by atoms with Gasteiger partial charge >= 0.3 is 0 Å². The minimum atomic E-state index is -0.0309. The number of nitrogens with zero attached hydrogens (tertiary/aromatic N) is 3. The number of aliphatic imine (C=N–C) groups is 1. The number of amides is 1. The van der Waals surface area contributed by atoms with Crippen LogP contribution in [0.4, 0.5) is 5.69 Å². The molecule has 4 rings (SSSR count). The lowest BCUT2D eigenvalue weighted by Gasteiger charge is -2.27. The van der Waals surface area contributed by atoms with Crippen LogP contribution in [0.15, 0.2) is 65.0 Å². The molecule has 1 amide bonds. The van der Waals surface area contributed by atoms with Crippen molar-refractivity contribution in [2.75, 3.05) is 18.0 Å². The molecule has 2 bridgehead atoms. The molecular weight excluding hydrogens is 322 g/mol. The molecule has 0 radical (unpaired) electrons. The van der Waals surface area contributed by atoms with Crippen LogP contribution in [0.5, 0.6) is 0 Å². The molecule has 24 heavy (non-hydrogen) atoms. The molecule has 0 aliphatic carbocycles. The van der Waals surface area contributed by atoms with E-state index in [0.717, 1.165) is 48.7 Å². The maximum Gasteiger partial charge on any atom is 0.280 e. The van der Waals surface area contributed by atoms with Crippen LogP contribution < -0.4 is 4.90 Å². The number of anilines is 1. The number of benzene rings is 1. The standard InChI is InChI=1S/C19H18ClN3O/c20-15-6-3-7-16(13-15)23-18-12-14(5-4-8-21-18)11-17(19(23)24)22-9-1-2-10-22/h3-8,11,13H,1-2,9-10,12H2. The third-order valence-corrected chi connectivity index (χ3v) is 4.73. The van der Waals surface area contributed by atoms with Gasteiger partial charge in [0.05, 0.1) is 5.69 Å². The van der Waals surface area contributed by atoms with Crippen molar-refractivity contribution in [1.29, 1.82) is 0 Å². The minimum Gasteiger partial charge on any atom is -0.367 e. The summed E-state index contributed by atoms with van der Waals surface area (Å²) in [6, 6.07) is 7.38. The van der Waals surface area contributed by atoms with E-state index in [9.17, 15) is 4.79 Å². The zero-order valence-corrected chi connectivity index (χ0v) is 14.0. The Balaban J connectivity index is 1.83. The van der Waals surface area contributed by atoms with Gasteiger partial charge in [0.15, 0.2) is 0 Å². The summed E-state index contributed by atoms with van der Waals surface area (Å²) in [5.41, 5.74) is 2.61. The van der Waals surface area contributed by atoms with Gasteiger partial charge in [-0.25, -0.2) is 4.99 Å². The van der Waals surface area contributed by atoms with Crippen LogP contribution in [-0.4, -0.2) is 29.7 Å². The third kappa shape index (κ3) is 2.78. The lowest BCUT2D eigenvalue weighted by atomic mass is 10.1. The fourth-order valence-corrected chi connectivity index (χ4v) is 3.54. The van der Waals surface area contributed by atoms with Gasteiger partial charge in [-0.05, 0) is 48.8 Å². The van der Waals surface area contributed by atoms with Gasteiger partial charge in [0.1, 0.15) is 11.5 Å². The molecule has 0 spiro atoms. The van der Waals surface area contributed by atoms with E-state index in [1.165, 1.54) is 0 Å². The number of carbonyl (C=O) groups is 1. The van der Waals surface area contributed by atoms with Gasteiger partial charge in [0, 0.05) is 30.7 Å². The maximum absolute atomic E-state index is 13.3. The Hall–Kier alpha value is -2.33. The number of likely N-dealkylation sites (tertiary alicyclic amines) is 1. The van der Waals surface area contributed by atoms with Gasteiger partial charge in [-0.2, -0.15) is 0 Å². The number of hydrogen-bond acceptors (Lipinski definition) is 3. The highest BCUT2D eigenvalue weighted by atomic mass is 35.5. The highest BCUT2D eigenvalue weighted by molar-refractivity contribution is 6.31. The normalized spacial score (nSPS) is 20.4. The summed E-state index contributed by atoms with van der Waals surface area (Å²) in [6.07, 6.45) is 10.6. The molecule has 122 valence electrons. The van der Waals surface area contributed by atoms with E-state index in [1.807, 2.05) is 42.5 Å². The predicted molar refractivity (Wildman–Crippen MR) is 97.1 cm³/mol. The molecule has 1 aromatic carbocycles. The van der Waals surface area contributed by atoms with E-state index in [0.29, 0.717) is 11.4 Å². The van der Waals surface area contributed by atoms with Crippen LogP contribution in [0.3, 0.4) is 0 Å². The number of rotatable bonds is 2. The molecule has 3 aliphatic rings. The first-order chi connectivity index (χ1) is 11.7. The maximum atomic E-state index is 13.3. The summed E-state index contributed by atoms with van der Waals surface area (Å²) in [5, 5.41) is 0.608. The molecule has 5 heteroatoms. The van der Waals surface area contributed by atoms with Crippen LogP contribution in [0.1, 0.15) is 19.3 Å². The van der Waals surface area contributed by atoms with Crippen molar-refractivity contribution in [1.82, 2.24) is 4.90 Å². The van der Waals surface area contributed by atoms with Gasteiger partial charge in [-0.15, -0.1) is 0 Å². The number of fused-ring (bicyclic) bond motifs is 2. The average molecular weight is 340 g/mol. The van der Waals surface area contributed by atoms with Crippen molar-refractivity contribution < 1.29 is 4.79 Å². The van der Waals surface area contributed by atoms with Crippen molar-refractivity contribution in [2.24, 2.45) is 4.99 Å². The first kappa shape index (κ1) is 15.2. The van der Waals surface area contributed by atoms with E-state index < -0.39 is 0 Å². The summed E-state index contributed by atoms with van der Waals surface area (Å²) < 4.78 is 0. The van der Waals surface area contributed by atoms with Gasteiger partial charge < -0.3 is 4.90 Å². The summed E-state index contributed by atoms with van der Waals surface area (Å²) in [7, 11) is 0. The second kappa shape index (κ2) is 6.29. The second-order valence-corrected chi connectivity index (χ2v) is 6.59. The summed E-state index contributed by atoms with van der Waals surface area (Å²) in [6.45, 7) is 1.85. The fourth-order valence-electron chi connectivity index (χ4n) is 3.35. The Morgan fingerprint density at radius 2 is 2.00 bits per heavy atom. The molecule has 0 unspecified atom stereocenters. The van der Waals surface area contributed by atoms with Gasteiger partial charge in [0.2, 0.25) is 0 Å². The molecule has 1 saturated heterocycles. The Morgan fingerprint density at radius 1 is 1.17 bits per heavy atom. The zero-order chi connectivity index (χ0) is 16.5.